The fourth-order valence-electron chi connectivity index (χ4n) is 4.48. The van der Waals surface area contributed by atoms with Crippen LogP contribution in [0, 0.1) is 5.92 Å². The van der Waals surface area contributed by atoms with E-state index in [0.717, 1.165) is 62.0 Å². The highest BCUT2D eigenvalue weighted by Gasteiger charge is 2.25. The van der Waals surface area contributed by atoms with E-state index in [0.29, 0.717) is 12.5 Å². The Kier molecular flexibility index (Phi) is 7.95. The predicted octanol–water partition coefficient (Wildman–Crippen LogP) is 4.14. The lowest BCUT2D eigenvalue weighted by molar-refractivity contribution is -0.119. The lowest BCUT2D eigenvalue weighted by atomic mass is 10.0. The Labute approximate surface area is 202 Å². The number of carbonyl (C=O) groups is 1. The van der Waals surface area contributed by atoms with Crippen LogP contribution in [0.2, 0.25) is 0 Å². The molecule has 1 amide bonds. The molecule has 0 spiro atoms. The molecule has 1 aliphatic heterocycles. The van der Waals surface area contributed by atoms with Crippen LogP contribution in [-0.2, 0) is 30.9 Å². The number of carbonyl (C=O) groups excluding carboxylic acids is 1. The second kappa shape index (κ2) is 11.3. The maximum atomic E-state index is 11.8. The molecule has 2 heterocycles. The smallest absolute Gasteiger partial charge is 0.217 e. The van der Waals surface area contributed by atoms with Gasteiger partial charge in [0.15, 0.2) is 5.82 Å². The number of aromatic nitrogens is 3. The third-order valence-corrected chi connectivity index (χ3v) is 6.10. The molecule has 0 saturated heterocycles. The first-order valence-corrected chi connectivity index (χ1v) is 12.1. The van der Waals surface area contributed by atoms with Gasteiger partial charge in [0.25, 0.3) is 0 Å². The molecule has 3 aromatic rings. The molecule has 2 aromatic carbocycles. The van der Waals surface area contributed by atoms with Gasteiger partial charge in [-0.3, -0.25) is 9.69 Å². The van der Waals surface area contributed by atoms with E-state index in [2.05, 4.69) is 69.2 Å². The van der Waals surface area contributed by atoms with Gasteiger partial charge in [0, 0.05) is 39.5 Å². The Bertz CT molecular complexity index is 1080. The lowest BCUT2D eigenvalue weighted by Crippen LogP contribution is -2.31. The maximum Gasteiger partial charge on any atom is 0.217 e. The molecule has 1 atom stereocenters. The van der Waals surface area contributed by atoms with E-state index in [4.69, 9.17) is 4.74 Å². The molecule has 7 heteroatoms. The van der Waals surface area contributed by atoms with Gasteiger partial charge in [-0.2, -0.15) is 0 Å². The number of rotatable bonds is 9. The van der Waals surface area contributed by atoms with E-state index in [9.17, 15) is 4.79 Å². The molecule has 0 bridgehead atoms. The number of nitrogens with one attached hydrogen (secondary N) is 1. The van der Waals surface area contributed by atoms with Crippen molar-refractivity contribution in [3.63, 3.8) is 0 Å². The fourth-order valence-corrected chi connectivity index (χ4v) is 4.48. The number of hydrogen-bond donors (Lipinski definition) is 1. The van der Waals surface area contributed by atoms with Crippen molar-refractivity contribution in [3.8, 4) is 5.75 Å². The van der Waals surface area contributed by atoms with Gasteiger partial charge in [0.1, 0.15) is 18.2 Å². The van der Waals surface area contributed by atoms with Crippen LogP contribution in [0.4, 0.5) is 0 Å². The lowest BCUT2D eigenvalue weighted by Gasteiger charge is -2.22. The normalized spacial score (nSPS) is 14.9. The van der Waals surface area contributed by atoms with Crippen LogP contribution in [0.25, 0.3) is 0 Å². The molecule has 34 heavy (non-hydrogen) atoms. The third-order valence-electron chi connectivity index (χ3n) is 6.10. The molecule has 1 N–H and O–H groups in total. The van der Waals surface area contributed by atoms with Gasteiger partial charge < -0.3 is 14.6 Å². The predicted molar refractivity (Wildman–Crippen MR) is 132 cm³/mol. The SMILES string of the molecule is CC(=O)N[C@@H](CC(C)C)c1nnc2n1CCN(Cc1cccc(OCc3ccccc3)c1)CC2. The first-order chi connectivity index (χ1) is 16.5. The summed E-state index contributed by atoms with van der Waals surface area (Å²) in [7, 11) is 0. The van der Waals surface area contributed by atoms with Crippen LogP contribution >= 0.6 is 0 Å². The average molecular weight is 462 g/mol. The van der Waals surface area contributed by atoms with E-state index in [-0.39, 0.29) is 11.9 Å². The third kappa shape index (κ3) is 6.44. The van der Waals surface area contributed by atoms with Crippen molar-refractivity contribution >= 4 is 5.91 Å². The number of amides is 1. The molecule has 7 nitrogen and oxygen atoms in total. The zero-order chi connectivity index (χ0) is 23.9. The van der Waals surface area contributed by atoms with Gasteiger partial charge in [-0.25, -0.2) is 0 Å². The monoisotopic (exact) mass is 461 g/mol. The largest absolute Gasteiger partial charge is 0.489 e. The van der Waals surface area contributed by atoms with Gasteiger partial charge in [-0.1, -0.05) is 56.3 Å². The van der Waals surface area contributed by atoms with Gasteiger partial charge >= 0.3 is 0 Å². The molecule has 1 aromatic heterocycles. The van der Waals surface area contributed by atoms with Crippen molar-refractivity contribution in [2.24, 2.45) is 5.92 Å². The minimum Gasteiger partial charge on any atom is -0.489 e. The molecule has 0 saturated carbocycles. The van der Waals surface area contributed by atoms with Gasteiger partial charge in [-0.15, -0.1) is 10.2 Å². The van der Waals surface area contributed by atoms with Crippen LogP contribution < -0.4 is 10.1 Å². The Balaban J connectivity index is 1.39. The van der Waals surface area contributed by atoms with Crippen molar-refractivity contribution in [1.29, 1.82) is 0 Å². The van der Waals surface area contributed by atoms with E-state index >= 15 is 0 Å². The van der Waals surface area contributed by atoms with Crippen LogP contribution in [0.1, 0.15) is 56.0 Å². The van der Waals surface area contributed by atoms with Crippen molar-refractivity contribution < 1.29 is 9.53 Å². The molecule has 0 unspecified atom stereocenters. The number of ether oxygens (including phenoxy) is 1. The summed E-state index contributed by atoms with van der Waals surface area (Å²) in [4.78, 5) is 14.2. The maximum absolute atomic E-state index is 11.8. The molecule has 180 valence electrons. The minimum atomic E-state index is -0.108. The molecular weight excluding hydrogens is 426 g/mol. The zero-order valence-corrected chi connectivity index (χ0v) is 20.4. The molecule has 1 aliphatic rings. The summed E-state index contributed by atoms with van der Waals surface area (Å²) in [5.41, 5.74) is 2.40. The first kappa shape index (κ1) is 24.0. The summed E-state index contributed by atoms with van der Waals surface area (Å²) in [6, 6.07) is 18.5. The summed E-state index contributed by atoms with van der Waals surface area (Å²) in [5.74, 6) is 3.17. The first-order valence-electron chi connectivity index (χ1n) is 12.1. The standard InChI is InChI=1S/C27H35N5O2/c1-20(2)16-25(28-21(3)33)27-30-29-26-12-13-31(14-15-32(26)27)18-23-10-7-11-24(17-23)34-19-22-8-5-4-6-9-22/h4-11,17,20,25H,12-16,18-19H2,1-3H3,(H,28,33)/t25-/m0/s1. The highest BCUT2D eigenvalue weighted by Crippen LogP contribution is 2.23. The van der Waals surface area contributed by atoms with Crippen LogP contribution in [0.5, 0.6) is 5.75 Å². The van der Waals surface area contributed by atoms with Crippen molar-refractivity contribution in [2.75, 3.05) is 13.1 Å². The molecule has 4 rings (SSSR count). The Morgan fingerprint density at radius 3 is 2.59 bits per heavy atom. The van der Waals surface area contributed by atoms with E-state index in [1.165, 1.54) is 5.56 Å². The number of fused-ring (bicyclic) bond motifs is 1. The molecular formula is C27H35N5O2. The van der Waals surface area contributed by atoms with Crippen LogP contribution in [0.15, 0.2) is 54.6 Å². The minimum absolute atomic E-state index is 0.0346. The summed E-state index contributed by atoms with van der Waals surface area (Å²) >= 11 is 0. The highest BCUT2D eigenvalue weighted by atomic mass is 16.5. The van der Waals surface area contributed by atoms with Crippen LogP contribution in [-0.4, -0.2) is 38.7 Å². The van der Waals surface area contributed by atoms with Crippen molar-refractivity contribution in [1.82, 2.24) is 25.0 Å². The quantitative estimate of drug-likeness (QED) is 0.519. The van der Waals surface area contributed by atoms with Crippen molar-refractivity contribution in [2.45, 2.75) is 59.4 Å². The number of hydrogen-bond acceptors (Lipinski definition) is 5. The second-order valence-corrected chi connectivity index (χ2v) is 9.46. The van der Waals surface area contributed by atoms with Crippen molar-refractivity contribution in [3.05, 3.63) is 77.4 Å². The van der Waals surface area contributed by atoms with Gasteiger partial charge in [0.05, 0.1) is 6.04 Å². The summed E-state index contributed by atoms with van der Waals surface area (Å²) < 4.78 is 8.23. The number of benzene rings is 2. The van der Waals surface area contributed by atoms with E-state index in [1.54, 1.807) is 6.92 Å². The Morgan fingerprint density at radius 1 is 1.03 bits per heavy atom. The number of nitrogens with zero attached hydrogens (tertiary/aromatic N) is 4. The average Bonchev–Trinajstić information content (AvgIpc) is 3.12. The van der Waals surface area contributed by atoms with E-state index < -0.39 is 0 Å². The fraction of sp³-hybridized carbons (Fsp3) is 0.444. The second-order valence-electron chi connectivity index (χ2n) is 9.46. The summed E-state index contributed by atoms with van der Waals surface area (Å²) in [6.07, 6.45) is 1.68. The van der Waals surface area contributed by atoms with E-state index in [1.807, 2.05) is 24.3 Å². The topological polar surface area (TPSA) is 72.3 Å². The van der Waals surface area contributed by atoms with Gasteiger partial charge in [-0.05, 0) is 35.6 Å². The molecule has 0 radical (unpaired) electrons. The highest BCUT2D eigenvalue weighted by molar-refractivity contribution is 5.73. The molecule has 0 aliphatic carbocycles. The molecule has 0 fully saturated rings. The Morgan fingerprint density at radius 2 is 1.82 bits per heavy atom. The van der Waals surface area contributed by atoms with Crippen LogP contribution in [0.3, 0.4) is 0 Å². The summed E-state index contributed by atoms with van der Waals surface area (Å²) in [5, 5.41) is 12.0. The summed E-state index contributed by atoms with van der Waals surface area (Å²) in [6.45, 7) is 9.95. The van der Waals surface area contributed by atoms with Gasteiger partial charge in [0.2, 0.25) is 5.91 Å². The Hall–Kier alpha value is -3.19. The zero-order valence-electron chi connectivity index (χ0n) is 20.4.